The number of fused-ring (bicyclic) bond motifs is 11. The van der Waals surface area contributed by atoms with Crippen LogP contribution in [-0.4, -0.2) is 4.57 Å². The number of furan rings is 1. The van der Waals surface area contributed by atoms with E-state index in [-0.39, 0.29) is 5.41 Å². The van der Waals surface area contributed by atoms with Crippen LogP contribution in [0.2, 0.25) is 0 Å². The minimum atomic E-state index is -0.250. The number of benzene rings is 8. The van der Waals surface area contributed by atoms with Crippen LogP contribution in [0.3, 0.4) is 0 Å². The number of anilines is 3. The molecule has 10 aromatic rings. The first-order chi connectivity index (χ1) is 24.5. The molecule has 0 bridgehead atoms. The molecule has 0 aliphatic carbocycles. The molecule has 2 aromatic heterocycles. The standard InChI is InChI=1S/C47H32N2O/c1-47(2)39-24-23-35(48(33-21-19-29-11-3-5-13-31(29)25-33)34-22-20-30-12-4-6-14-32(30)26-34)27-42(39)49-41-17-9-7-16-37(41)44-45(49)40(47)28-38-36-15-8-10-18-43(36)50-46(38)44/h3-28H,1-2H3. The summed E-state index contributed by atoms with van der Waals surface area (Å²) in [6.07, 6.45) is 0. The van der Waals surface area contributed by atoms with Crippen molar-refractivity contribution >= 4 is 82.4 Å². The van der Waals surface area contributed by atoms with Gasteiger partial charge in [-0.1, -0.05) is 117 Å². The van der Waals surface area contributed by atoms with Gasteiger partial charge in [0.2, 0.25) is 0 Å². The molecule has 3 heteroatoms. The van der Waals surface area contributed by atoms with E-state index >= 15 is 0 Å². The molecule has 0 amide bonds. The minimum Gasteiger partial charge on any atom is -0.455 e. The van der Waals surface area contributed by atoms with Gasteiger partial charge in [0.25, 0.3) is 0 Å². The zero-order chi connectivity index (χ0) is 33.1. The van der Waals surface area contributed by atoms with Crippen molar-refractivity contribution < 1.29 is 4.42 Å². The van der Waals surface area contributed by atoms with E-state index in [2.05, 4.69) is 181 Å². The summed E-state index contributed by atoms with van der Waals surface area (Å²) in [5.74, 6) is 0. The zero-order valence-corrected chi connectivity index (χ0v) is 27.8. The second kappa shape index (κ2) is 9.87. The summed E-state index contributed by atoms with van der Waals surface area (Å²) in [5.41, 5.74) is 11.3. The van der Waals surface area contributed by atoms with Crippen molar-refractivity contribution in [3.63, 3.8) is 0 Å². The molecule has 0 spiro atoms. The molecular weight excluding hydrogens is 609 g/mol. The van der Waals surface area contributed by atoms with E-state index in [1.807, 2.05) is 0 Å². The second-order valence-corrected chi connectivity index (χ2v) is 14.2. The fourth-order valence-corrected chi connectivity index (χ4v) is 8.66. The van der Waals surface area contributed by atoms with Gasteiger partial charge < -0.3 is 13.9 Å². The molecular formula is C47H32N2O. The van der Waals surface area contributed by atoms with Crippen LogP contribution in [0, 0.1) is 0 Å². The van der Waals surface area contributed by atoms with Gasteiger partial charge in [-0.2, -0.15) is 0 Å². The predicted molar refractivity (Wildman–Crippen MR) is 210 cm³/mol. The number of hydrogen-bond acceptors (Lipinski definition) is 2. The topological polar surface area (TPSA) is 21.3 Å². The Morgan fingerprint density at radius 1 is 0.500 bits per heavy atom. The summed E-state index contributed by atoms with van der Waals surface area (Å²) >= 11 is 0. The van der Waals surface area contributed by atoms with Crippen LogP contribution in [0.25, 0.3) is 71.0 Å². The zero-order valence-electron chi connectivity index (χ0n) is 27.8. The average molecular weight is 641 g/mol. The van der Waals surface area contributed by atoms with Crippen LogP contribution in [0.1, 0.15) is 25.0 Å². The summed E-state index contributed by atoms with van der Waals surface area (Å²) in [5, 5.41) is 9.65. The fourth-order valence-electron chi connectivity index (χ4n) is 8.66. The Morgan fingerprint density at radius 3 is 1.80 bits per heavy atom. The Morgan fingerprint density at radius 2 is 1.08 bits per heavy atom. The quantitative estimate of drug-likeness (QED) is 0.192. The Bertz CT molecular complexity index is 2950. The second-order valence-electron chi connectivity index (χ2n) is 14.2. The lowest BCUT2D eigenvalue weighted by atomic mass is 9.74. The molecule has 0 radical (unpaired) electrons. The van der Waals surface area contributed by atoms with Gasteiger partial charge in [0.15, 0.2) is 0 Å². The van der Waals surface area contributed by atoms with Gasteiger partial charge in [0, 0.05) is 38.6 Å². The monoisotopic (exact) mass is 640 g/mol. The van der Waals surface area contributed by atoms with Gasteiger partial charge in [-0.15, -0.1) is 0 Å². The number of nitrogens with zero attached hydrogens (tertiary/aromatic N) is 2. The van der Waals surface area contributed by atoms with Crippen LogP contribution >= 0.6 is 0 Å². The number of hydrogen-bond donors (Lipinski definition) is 0. The summed E-state index contributed by atoms with van der Waals surface area (Å²) in [4.78, 5) is 2.41. The third kappa shape index (κ3) is 3.69. The highest BCUT2D eigenvalue weighted by atomic mass is 16.3. The molecule has 11 rings (SSSR count). The van der Waals surface area contributed by atoms with E-state index in [4.69, 9.17) is 4.42 Å². The first kappa shape index (κ1) is 27.6. The van der Waals surface area contributed by atoms with Gasteiger partial charge in [-0.25, -0.2) is 0 Å². The van der Waals surface area contributed by atoms with Crippen LogP contribution in [0.4, 0.5) is 17.1 Å². The molecule has 3 heterocycles. The number of aromatic nitrogens is 1. The van der Waals surface area contributed by atoms with Crippen molar-refractivity contribution in [2.75, 3.05) is 4.90 Å². The van der Waals surface area contributed by atoms with Crippen molar-refractivity contribution in [1.29, 1.82) is 0 Å². The molecule has 50 heavy (non-hydrogen) atoms. The van der Waals surface area contributed by atoms with E-state index in [9.17, 15) is 0 Å². The lowest BCUT2D eigenvalue weighted by Crippen LogP contribution is -2.26. The molecule has 0 fully saturated rings. The largest absolute Gasteiger partial charge is 0.455 e. The Balaban J connectivity index is 1.22. The van der Waals surface area contributed by atoms with Crippen LogP contribution in [0.15, 0.2) is 162 Å². The molecule has 0 unspecified atom stereocenters. The first-order valence-corrected chi connectivity index (χ1v) is 17.4. The van der Waals surface area contributed by atoms with Crippen molar-refractivity contribution in [2.24, 2.45) is 0 Å². The Kier molecular flexibility index (Phi) is 5.45. The van der Waals surface area contributed by atoms with Gasteiger partial charge in [0.1, 0.15) is 11.2 Å². The smallest absolute Gasteiger partial charge is 0.145 e. The highest BCUT2D eigenvalue weighted by Gasteiger charge is 2.37. The number of para-hydroxylation sites is 2. The summed E-state index contributed by atoms with van der Waals surface area (Å²) < 4.78 is 9.19. The van der Waals surface area contributed by atoms with Crippen molar-refractivity contribution in [1.82, 2.24) is 4.57 Å². The van der Waals surface area contributed by atoms with Crippen LogP contribution < -0.4 is 4.90 Å². The molecule has 3 nitrogen and oxygen atoms in total. The normalized spacial score (nSPS) is 13.6. The summed E-state index contributed by atoms with van der Waals surface area (Å²) in [6, 6.07) is 57.5. The molecule has 1 aliphatic heterocycles. The van der Waals surface area contributed by atoms with Gasteiger partial charge in [0.05, 0.1) is 22.1 Å². The third-order valence-corrected chi connectivity index (χ3v) is 11.1. The van der Waals surface area contributed by atoms with Gasteiger partial charge in [-0.3, -0.25) is 0 Å². The fraction of sp³-hybridized carbons (Fsp3) is 0.0638. The number of rotatable bonds is 3. The van der Waals surface area contributed by atoms with E-state index in [0.717, 1.165) is 33.6 Å². The van der Waals surface area contributed by atoms with Gasteiger partial charge in [-0.05, 0) is 87.3 Å². The van der Waals surface area contributed by atoms with Crippen molar-refractivity contribution in [3.05, 3.63) is 169 Å². The predicted octanol–water partition coefficient (Wildman–Crippen LogP) is 13.1. The van der Waals surface area contributed by atoms with Gasteiger partial charge >= 0.3 is 0 Å². The average Bonchev–Trinajstić information content (AvgIpc) is 3.70. The summed E-state index contributed by atoms with van der Waals surface area (Å²) in [7, 11) is 0. The van der Waals surface area contributed by atoms with Crippen molar-refractivity contribution in [3.8, 4) is 5.69 Å². The maximum absolute atomic E-state index is 6.69. The highest BCUT2D eigenvalue weighted by Crippen LogP contribution is 2.52. The molecule has 0 N–H and O–H groups in total. The molecule has 0 saturated carbocycles. The van der Waals surface area contributed by atoms with Crippen molar-refractivity contribution in [2.45, 2.75) is 19.3 Å². The summed E-state index contributed by atoms with van der Waals surface area (Å²) in [6.45, 7) is 4.75. The SMILES string of the molecule is CC1(C)c2ccc(N(c3ccc4ccccc4c3)c3ccc4ccccc4c3)cc2-n2c3ccccc3c3c4oc5ccccc5c4cc1c32. The van der Waals surface area contributed by atoms with E-state index in [1.165, 1.54) is 65.6 Å². The van der Waals surface area contributed by atoms with E-state index in [1.54, 1.807) is 0 Å². The molecule has 1 aliphatic rings. The van der Waals surface area contributed by atoms with E-state index in [0.29, 0.717) is 0 Å². The maximum atomic E-state index is 6.69. The lowest BCUT2D eigenvalue weighted by molar-refractivity contribution is 0.630. The third-order valence-electron chi connectivity index (χ3n) is 11.1. The molecule has 0 atom stereocenters. The Labute approximate surface area is 289 Å². The first-order valence-electron chi connectivity index (χ1n) is 17.4. The molecule has 236 valence electrons. The maximum Gasteiger partial charge on any atom is 0.145 e. The van der Waals surface area contributed by atoms with Crippen LogP contribution in [0.5, 0.6) is 0 Å². The van der Waals surface area contributed by atoms with E-state index < -0.39 is 0 Å². The minimum absolute atomic E-state index is 0.250. The van der Waals surface area contributed by atoms with Crippen LogP contribution in [-0.2, 0) is 5.41 Å². The molecule has 8 aromatic carbocycles. The Hall–Kier alpha value is -6.32. The lowest BCUT2D eigenvalue weighted by Gasteiger charge is -2.36. The molecule has 0 saturated heterocycles. The highest BCUT2D eigenvalue weighted by molar-refractivity contribution is 6.25.